The number of likely N-dealkylation sites (N-methyl/N-ethyl adjacent to an activating group) is 1. The van der Waals surface area contributed by atoms with Gasteiger partial charge in [-0.2, -0.15) is 0 Å². The Hall–Kier alpha value is -0.120. The largest absolute Gasteiger partial charge is 0.395 e. The Morgan fingerprint density at radius 2 is 1.93 bits per heavy atom. The first-order chi connectivity index (χ1) is 6.89. The molecule has 0 heterocycles. The summed E-state index contributed by atoms with van der Waals surface area (Å²) in [4.78, 5) is 2.29. The molecule has 1 unspecified atom stereocenters. The maximum atomic E-state index is 8.88. The molecule has 0 aliphatic rings. The van der Waals surface area contributed by atoms with Crippen LogP contribution in [0.2, 0.25) is 0 Å². The first-order valence-electron chi connectivity index (χ1n) is 5.97. The third kappa shape index (κ3) is 8.85. The molecule has 0 aliphatic carbocycles. The summed E-state index contributed by atoms with van der Waals surface area (Å²) < 4.78 is 0. The zero-order chi connectivity index (χ0) is 11.9. The first-order valence-corrected chi connectivity index (χ1v) is 5.97. The van der Waals surface area contributed by atoms with Crippen LogP contribution in [0.25, 0.3) is 0 Å². The van der Waals surface area contributed by atoms with Crippen molar-refractivity contribution in [3.05, 3.63) is 0 Å². The van der Waals surface area contributed by atoms with E-state index < -0.39 is 0 Å². The quantitative estimate of drug-likeness (QED) is 0.674. The van der Waals surface area contributed by atoms with Gasteiger partial charge in [-0.1, -0.05) is 13.8 Å². The van der Waals surface area contributed by atoms with Crippen molar-refractivity contribution in [1.82, 2.24) is 10.2 Å². The normalized spacial score (nSPS) is 14.6. The zero-order valence-electron chi connectivity index (χ0n) is 11.0. The fourth-order valence-corrected chi connectivity index (χ4v) is 1.51. The van der Waals surface area contributed by atoms with Crippen molar-refractivity contribution in [2.75, 3.05) is 32.8 Å². The molecule has 0 amide bonds. The minimum absolute atomic E-state index is 0.197. The Morgan fingerprint density at radius 1 is 1.33 bits per heavy atom. The number of nitrogens with one attached hydrogen (secondary N) is 1. The Bertz CT molecular complexity index is 154. The summed E-state index contributed by atoms with van der Waals surface area (Å²) in [5.41, 5.74) is 0.197. The van der Waals surface area contributed by atoms with Gasteiger partial charge in [-0.05, 0) is 39.8 Å². The maximum Gasteiger partial charge on any atom is 0.0558 e. The highest BCUT2D eigenvalue weighted by Crippen LogP contribution is 2.03. The summed E-state index contributed by atoms with van der Waals surface area (Å²) in [6.45, 7) is 15.1. The molecule has 92 valence electrons. The summed E-state index contributed by atoms with van der Waals surface area (Å²) in [6.07, 6.45) is 0. The Balaban J connectivity index is 3.75. The van der Waals surface area contributed by atoms with Gasteiger partial charge in [0.1, 0.15) is 0 Å². The topological polar surface area (TPSA) is 35.5 Å². The first kappa shape index (κ1) is 14.9. The van der Waals surface area contributed by atoms with Crippen LogP contribution in [-0.2, 0) is 0 Å². The number of aliphatic hydroxyl groups is 1. The lowest BCUT2D eigenvalue weighted by atomic mass is 10.1. The van der Waals surface area contributed by atoms with Gasteiger partial charge in [-0.3, -0.25) is 0 Å². The molecule has 0 saturated carbocycles. The Kier molecular flexibility index (Phi) is 7.14. The summed E-state index contributed by atoms with van der Waals surface area (Å²) in [5, 5.41) is 12.4. The molecule has 0 spiro atoms. The molecule has 3 heteroatoms. The highest BCUT2D eigenvalue weighted by Gasteiger charge is 2.12. The van der Waals surface area contributed by atoms with Crippen LogP contribution in [0.1, 0.15) is 34.6 Å². The van der Waals surface area contributed by atoms with Crippen molar-refractivity contribution >= 4 is 0 Å². The van der Waals surface area contributed by atoms with E-state index in [1.165, 1.54) is 0 Å². The summed E-state index contributed by atoms with van der Waals surface area (Å²) in [7, 11) is 0. The van der Waals surface area contributed by atoms with Crippen LogP contribution in [0.3, 0.4) is 0 Å². The van der Waals surface area contributed by atoms with Gasteiger partial charge in [-0.25, -0.2) is 0 Å². The highest BCUT2D eigenvalue weighted by molar-refractivity contribution is 4.73. The van der Waals surface area contributed by atoms with Crippen LogP contribution in [0.4, 0.5) is 0 Å². The van der Waals surface area contributed by atoms with Crippen molar-refractivity contribution in [3.8, 4) is 0 Å². The van der Waals surface area contributed by atoms with E-state index in [2.05, 4.69) is 44.8 Å². The fourth-order valence-electron chi connectivity index (χ4n) is 1.51. The second-order valence-corrected chi connectivity index (χ2v) is 5.35. The molecule has 0 aliphatic heterocycles. The van der Waals surface area contributed by atoms with Gasteiger partial charge in [-0.15, -0.1) is 0 Å². The van der Waals surface area contributed by atoms with E-state index in [4.69, 9.17) is 5.11 Å². The fraction of sp³-hybridized carbons (Fsp3) is 1.00. The van der Waals surface area contributed by atoms with Crippen LogP contribution >= 0.6 is 0 Å². The number of nitrogens with zero attached hydrogens (tertiary/aromatic N) is 1. The SMILES string of the molecule is CCN(CCO)CC(C)CNC(C)(C)C. The lowest BCUT2D eigenvalue weighted by Gasteiger charge is -2.27. The summed E-state index contributed by atoms with van der Waals surface area (Å²) in [5.74, 6) is 0.621. The van der Waals surface area contributed by atoms with Crippen molar-refractivity contribution in [1.29, 1.82) is 0 Å². The summed E-state index contributed by atoms with van der Waals surface area (Å²) >= 11 is 0. The second-order valence-electron chi connectivity index (χ2n) is 5.35. The van der Waals surface area contributed by atoms with Crippen LogP contribution < -0.4 is 5.32 Å². The zero-order valence-corrected chi connectivity index (χ0v) is 11.0. The van der Waals surface area contributed by atoms with Crippen molar-refractivity contribution in [2.45, 2.75) is 40.2 Å². The van der Waals surface area contributed by atoms with E-state index in [-0.39, 0.29) is 12.1 Å². The molecule has 0 aromatic carbocycles. The molecular formula is C12H28N2O. The van der Waals surface area contributed by atoms with E-state index >= 15 is 0 Å². The average molecular weight is 216 g/mol. The van der Waals surface area contributed by atoms with E-state index in [1.54, 1.807) is 0 Å². The lowest BCUT2D eigenvalue weighted by Crippen LogP contribution is -2.41. The van der Waals surface area contributed by atoms with Crippen LogP contribution in [0.15, 0.2) is 0 Å². The average Bonchev–Trinajstić information content (AvgIpc) is 2.13. The number of hydrogen-bond acceptors (Lipinski definition) is 3. The molecular weight excluding hydrogens is 188 g/mol. The van der Waals surface area contributed by atoms with E-state index in [9.17, 15) is 0 Å². The molecule has 0 fully saturated rings. The van der Waals surface area contributed by atoms with Gasteiger partial charge in [0, 0.05) is 18.6 Å². The van der Waals surface area contributed by atoms with Crippen LogP contribution in [-0.4, -0.2) is 48.3 Å². The van der Waals surface area contributed by atoms with Crippen LogP contribution in [0.5, 0.6) is 0 Å². The molecule has 15 heavy (non-hydrogen) atoms. The summed E-state index contributed by atoms with van der Waals surface area (Å²) in [6, 6.07) is 0. The molecule has 1 atom stereocenters. The van der Waals surface area contributed by atoms with Gasteiger partial charge >= 0.3 is 0 Å². The molecule has 0 bridgehead atoms. The molecule has 0 saturated heterocycles. The van der Waals surface area contributed by atoms with Crippen molar-refractivity contribution < 1.29 is 5.11 Å². The van der Waals surface area contributed by atoms with Gasteiger partial charge in [0.05, 0.1) is 6.61 Å². The number of aliphatic hydroxyl groups excluding tert-OH is 1. The second kappa shape index (κ2) is 7.20. The number of hydrogen-bond donors (Lipinski definition) is 2. The minimum Gasteiger partial charge on any atom is -0.395 e. The molecule has 0 aromatic heterocycles. The Morgan fingerprint density at radius 3 is 2.33 bits per heavy atom. The monoisotopic (exact) mass is 216 g/mol. The van der Waals surface area contributed by atoms with Gasteiger partial charge in [0.25, 0.3) is 0 Å². The standard InChI is InChI=1S/C12H28N2O/c1-6-14(7-8-15)10-11(2)9-13-12(3,4)5/h11,13,15H,6-10H2,1-5H3. The molecule has 0 rings (SSSR count). The molecule has 2 N–H and O–H groups in total. The predicted octanol–water partition coefficient (Wildman–Crippen LogP) is 1.32. The highest BCUT2D eigenvalue weighted by atomic mass is 16.3. The molecule has 0 aromatic rings. The van der Waals surface area contributed by atoms with Gasteiger partial charge in [0.15, 0.2) is 0 Å². The van der Waals surface area contributed by atoms with E-state index in [0.717, 1.165) is 26.2 Å². The molecule has 0 radical (unpaired) electrons. The maximum absolute atomic E-state index is 8.88. The van der Waals surface area contributed by atoms with Crippen molar-refractivity contribution in [2.24, 2.45) is 5.92 Å². The van der Waals surface area contributed by atoms with Crippen molar-refractivity contribution in [3.63, 3.8) is 0 Å². The smallest absolute Gasteiger partial charge is 0.0558 e. The predicted molar refractivity (Wildman–Crippen MR) is 66.1 cm³/mol. The third-order valence-electron chi connectivity index (χ3n) is 2.41. The van der Waals surface area contributed by atoms with E-state index in [0.29, 0.717) is 5.92 Å². The minimum atomic E-state index is 0.197. The molecule has 3 nitrogen and oxygen atoms in total. The van der Waals surface area contributed by atoms with Gasteiger partial charge < -0.3 is 15.3 Å². The van der Waals surface area contributed by atoms with E-state index in [1.807, 2.05) is 0 Å². The van der Waals surface area contributed by atoms with Crippen LogP contribution in [0, 0.1) is 5.92 Å². The number of rotatable bonds is 7. The van der Waals surface area contributed by atoms with Gasteiger partial charge in [0.2, 0.25) is 0 Å². The Labute approximate surface area is 94.9 Å². The third-order valence-corrected chi connectivity index (χ3v) is 2.41. The lowest BCUT2D eigenvalue weighted by molar-refractivity contribution is 0.181.